The quantitative estimate of drug-likeness (QED) is 0.475. The maximum atomic E-state index is 14.5. The number of hydrogen-bond donors (Lipinski definition) is 1. The van der Waals surface area contributed by atoms with Crippen LogP contribution in [0.3, 0.4) is 0 Å². The van der Waals surface area contributed by atoms with Gasteiger partial charge in [0.2, 0.25) is 0 Å². The zero-order chi connectivity index (χ0) is 22.7. The first kappa shape index (κ1) is 25.9. The van der Waals surface area contributed by atoms with Crippen molar-refractivity contribution >= 4 is 5.91 Å². The highest BCUT2D eigenvalue weighted by molar-refractivity contribution is 5.81. The predicted octanol–water partition coefficient (Wildman–Crippen LogP) is 4.46. The minimum atomic E-state index is -1.70. The molecule has 0 aliphatic rings. The maximum Gasteiger partial charge on any atom is 0.261 e. The third-order valence-corrected chi connectivity index (χ3v) is 4.39. The van der Waals surface area contributed by atoms with Gasteiger partial charge in [0.05, 0.1) is 11.6 Å². The summed E-state index contributed by atoms with van der Waals surface area (Å²) >= 11 is 0. The molecule has 1 aromatic rings. The number of ether oxygens (including phenoxy) is 3. The number of benzene rings is 1. The van der Waals surface area contributed by atoms with E-state index in [1.165, 1.54) is 26.0 Å². The summed E-state index contributed by atoms with van der Waals surface area (Å²) in [6, 6.07) is 6.61. The van der Waals surface area contributed by atoms with Crippen molar-refractivity contribution in [2.24, 2.45) is 5.92 Å². The number of amides is 1. The lowest BCUT2D eigenvalue weighted by molar-refractivity contribution is -0.141. The van der Waals surface area contributed by atoms with E-state index >= 15 is 0 Å². The van der Waals surface area contributed by atoms with E-state index in [2.05, 4.69) is 5.32 Å². The Hall–Kier alpha value is -2.17. The van der Waals surface area contributed by atoms with Crippen LogP contribution in [0.15, 0.2) is 18.2 Å². The minimum Gasteiger partial charge on any atom is -0.481 e. The van der Waals surface area contributed by atoms with E-state index < -0.39 is 11.8 Å². The second kappa shape index (κ2) is 12.5. The summed E-state index contributed by atoms with van der Waals surface area (Å²) in [6.45, 7) is 12.0. The molecule has 1 unspecified atom stereocenters. The summed E-state index contributed by atoms with van der Waals surface area (Å²) in [5.74, 6) is 0.328. The van der Waals surface area contributed by atoms with Crippen LogP contribution in [0.2, 0.25) is 0 Å². The smallest absolute Gasteiger partial charge is 0.261 e. The Labute approximate surface area is 179 Å². The van der Waals surface area contributed by atoms with Gasteiger partial charge in [-0.25, -0.2) is 4.39 Å². The lowest BCUT2D eigenvalue weighted by atomic mass is 9.95. The number of rotatable bonds is 13. The molecule has 0 saturated carbocycles. The van der Waals surface area contributed by atoms with Crippen molar-refractivity contribution < 1.29 is 23.4 Å². The number of nitrogens with one attached hydrogen (secondary N) is 1. The zero-order valence-electron chi connectivity index (χ0n) is 19.0. The molecule has 1 N–H and O–H groups in total. The molecule has 30 heavy (non-hydrogen) atoms. The van der Waals surface area contributed by atoms with E-state index in [-0.39, 0.29) is 29.2 Å². The molecule has 0 heterocycles. The predicted molar refractivity (Wildman–Crippen MR) is 114 cm³/mol. The van der Waals surface area contributed by atoms with E-state index in [9.17, 15) is 14.4 Å². The molecular formula is C23H35FN2O4. The SMILES string of the molecule is CCOC(CCNC(=O)C(CC(C)C)Oc1ccc(C#N)c(C(C)(C)F)c1)OCC. The van der Waals surface area contributed by atoms with Crippen LogP contribution in [-0.2, 0) is 19.9 Å². The summed E-state index contributed by atoms with van der Waals surface area (Å²) in [4.78, 5) is 12.7. The maximum absolute atomic E-state index is 14.5. The molecule has 1 amide bonds. The van der Waals surface area contributed by atoms with Gasteiger partial charge in [-0.1, -0.05) is 13.8 Å². The molecular weight excluding hydrogens is 387 g/mol. The molecule has 0 aromatic heterocycles. The fourth-order valence-electron chi connectivity index (χ4n) is 3.00. The summed E-state index contributed by atoms with van der Waals surface area (Å²) in [7, 11) is 0. The Morgan fingerprint density at radius 1 is 1.23 bits per heavy atom. The number of hydrogen-bond acceptors (Lipinski definition) is 5. The molecule has 0 bridgehead atoms. The van der Waals surface area contributed by atoms with Gasteiger partial charge < -0.3 is 19.5 Å². The third-order valence-electron chi connectivity index (χ3n) is 4.39. The number of alkyl halides is 1. The van der Waals surface area contributed by atoms with Crippen molar-refractivity contribution in [3.63, 3.8) is 0 Å². The minimum absolute atomic E-state index is 0.218. The standard InChI is InChI=1S/C23H35FN2O4/c1-7-28-21(29-8-2)11-12-26-22(27)20(13-16(3)4)30-18-10-9-17(15-25)19(14-18)23(5,6)24/h9-10,14,16,20-21H,7-8,11-13H2,1-6H3,(H,26,27). The number of carbonyl (C=O) groups is 1. The highest BCUT2D eigenvalue weighted by atomic mass is 19.1. The number of nitrogens with zero attached hydrogens (tertiary/aromatic N) is 1. The monoisotopic (exact) mass is 422 g/mol. The second-order valence-electron chi connectivity index (χ2n) is 7.95. The van der Waals surface area contributed by atoms with E-state index in [0.717, 1.165) is 0 Å². The first-order valence-electron chi connectivity index (χ1n) is 10.5. The lowest BCUT2D eigenvalue weighted by Crippen LogP contribution is -2.40. The molecule has 0 spiro atoms. The fourth-order valence-corrected chi connectivity index (χ4v) is 3.00. The molecule has 0 radical (unpaired) electrons. The van der Waals surface area contributed by atoms with Crippen molar-refractivity contribution in [2.45, 2.75) is 72.4 Å². The average Bonchev–Trinajstić information content (AvgIpc) is 2.66. The van der Waals surface area contributed by atoms with E-state index in [1.807, 2.05) is 33.8 Å². The van der Waals surface area contributed by atoms with Gasteiger partial charge in [0.1, 0.15) is 11.4 Å². The molecule has 1 aromatic carbocycles. The Bertz CT molecular complexity index is 704. The van der Waals surface area contributed by atoms with E-state index in [4.69, 9.17) is 14.2 Å². The number of nitriles is 1. The largest absolute Gasteiger partial charge is 0.481 e. The zero-order valence-corrected chi connectivity index (χ0v) is 19.0. The molecule has 0 fully saturated rings. The Morgan fingerprint density at radius 3 is 2.37 bits per heavy atom. The number of halogens is 1. The first-order valence-corrected chi connectivity index (χ1v) is 10.5. The van der Waals surface area contributed by atoms with Gasteiger partial charge in [-0.3, -0.25) is 4.79 Å². The molecule has 1 rings (SSSR count). The molecule has 0 saturated heterocycles. The van der Waals surface area contributed by atoms with Gasteiger partial charge in [-0.2, -0.15) is 5.26 Å². The van der Waals surface area contributed by atoms with E-state index in [1.54, 1.807) is 6.07 Å². The van der Waals surface area contributed by atoms with Crippen molar-refractivity contribution in [1.29, 1.82) is 5.26 Å². The molecule has 0 aliphatic carbocycles. The van der Waals surface area contributed by atoms with Gasteiger partial charge >= 0.3 is 0 Å². The van der Waals surface area contributed by atoms with Crippen molar-refractivity contribution in [3.8, 4) is 11.8 Å². The highest BCUT2D eigenvalue weighted by Crippen LogP contribution is 2.31. The molecule has 7 heteroatoms. The van der Waals surface area contributed by atoms with Crippen LogP contribution in [0.1, 0.15) is 65.5 Å². The topological polar surface area (TPSA) is 80.6 Å². The Morgan fingerprint density at radius 2 is 1.87 bits per heavy atom. The first-order chi connectivity index (χ1) is 14.1. The molecule has 168 valence electrons. The Kier molecular flexibility index (Phi) is 10.8. The van der Waals surface area contributed by atoms with E-state index in [0.29, 0.717) is 38.3 Å². The third kappa shape index (κ3) is 8.68. The average molecular weight is 423 g/mol. The highest BCUT2D eigenvalue weighted by Gasteiger charge is 2.26. The van der Waals surface area contributed by atoms with Crippen molar-refractivity contribution in [2.75, 3.05) is 19.8 Å². The summed E-state index contributed by atoms with van der Waals surface area (Å²) in [5.41, 5.74) is -1.21. The summed E-state index contributed by atoms with van der Waals surface area (Å²) in [6.07, 6.45) is -0.0665. The number of carbonyl (C=O) groups excluding carboxylic acids is 1. The van der Waals surface area contributed by atoms with Crippen LogP contribution < -0.4 is 10.1 Å². The fraction of sp³-hybridized carbons (Fsp3) is 0.652. The van der Waals surface area contributed by atoms with Crippen LogP contribution >= 0.6 is 0 Å². The van der Waals surface area contributed by atoms with Crippen LogP contribution in [-0.4, -0.2) is 38.1 Å². The van der Waals surface area contributed by atoms with Crippen LogP contribution in [0.25, 0.3) is 0 Å². The molecule has 0 aliphatic heterocycles. The lowest BCUT2D eigenvalue weighted by Gasteiger charge is -2.23. The van der Waals surface area contributed by atoms with Gasteiger partial charge in [-0.15, -0.1) is 0 Å². The van der Waals surface area contributed by atoms with Crippen LogP contribution in [0.4, 0.5) is 4.39 Å². The molecule has 1 atom stereocenters. The van der Waals surface area contributed by atoms with Gasteiger partial charge in [0.15, 0.2) is 12.4 Å². The van der Waals surface area contributed by atoms with Gasteiger partial charge in [0, 0.05) is 31.7 Å². The van der Waals surface area contributed by atoms with Gasteiger partial charge in [-0.05, 0) is 58.2 Å². The van der Waals surface area contributed by atoms with Gasteiger partial charge in [0.25, 0.3) is 5.91 Å². The Balaban J connectivity index is 2.87. The van der Waals surface area contributed by atoms with Crippen LogP contribution in [0.5, 0.6) is 5.75 Å². The van der Waals surface area contributed by atoms with Crippen molar-refractivity contribution in [1.82, 2.24) is 5.32 Å². The van der Waals surface area contributed by atoms with Crippen molar-refractivity contribution in [3.05, 3.63) is 29.3 Å². The van der Waals surface area contributed by atoms with Crippen LogP contribution in [0, 0.1) is 17.2 Å². The summed E-state index contributed by atoms with van der Waals surface area (Å²) < 4.78 is 31.4. The second-order valence-corrected chi connectivity index (χ2v) is 7.95. The normalized spacial score (nSPS) is 12.7. The molecule has 6 nitrogen and oxygen atoms in total. The summed E-state index contributed by atoms with van der Waals surface area (Å²) in [5, 5.41) is 12.1.